The Morgan fingerprint density at radius 3 is 2.44 bits per heavy atom. The van der Waals surface area contributed by atoms with Crippen LogP contribution in [0, 0.1) is 6.92 Å². The van der Waals surface area contributed by atoms with Crippen LogP contribution in [0.3, 0.4) is 0 Å². The predicted octanol–water partition coefficient (Wildman–Crippen LogP) is 4.50. The van der Waals surface area contributed by atoms with Crippen LogP contribution >= 0.6 is 23.2 Å². The van der Waals surface area contributed by atoms with Crippen molar-refractivity contribution in [2.24, 2.45) is 0 Å². The lowest BCUT2D eigenvalue weighted by molar-refractivity contribution is 1.14. The number of nitrogen functional groups attached to an aromatic ring is 1. The molecule has 0 saturated heterocycles. The number of nitrogens with two attached hydrogens (primary N) is 1. The highest BCUT2D eigenvalue weighted by Crippen LogP contribution is 2.27. The second-order valence-corrected chi connectivity index (χ2v) is 5.01. The van der Waals surface area contributed by atoms with Crippen LogP contribution in [-0.2, 0) is 6.54 Å². The van der Waals surface area contributed by atoms with Gasteiger partial charge in [-0.2, -0.15) is 0 Å². The van der Waals surface area contributed by atoms with Gasteiger partial charge in [-0.15, -0.1) is 0 Å². The summed E-state index contributed by atoms with van der Waals surface area (Å²) < 4.78 is 0. The normalized spacial score (nSPS) is 10.4. The summed E-state index contributed by atoms with van der Waals surface area (Å²) in [5.41, 5.74) is 9.57. The van der Waals surface area contributed by atoms with Gasteiger partial charge >= 0.3 is 0 Å². The summed E-state index contributed by atoms with van der Waals surface area (Å²) in [7, 11) is 0. The average Bonchev–Trinajstić information content (AvgIpc) is 2.34. The van der Waals surface area contributed by atoms with Crippen LogP contribution in [0.15, 0.2) is 36.4 Å². The quantitative estimate of drug-likeness (QED) is 0.813. The molecule has 0 atom stereocenters. The van der Waals surface area contributed by atoms with E-state index >= 15 is 0 Å². The molecule has 0 amide bonds. The maximum Gasteiger partial charge on any atom is 0.0656 e. The highest BCUT2D eigenvalue weighted by molar-refractivity contribution is 6.33. The molecule has 0 aliphatic rings. The molecule has 4 heteroatoms. The number of hydrogen-bond donors (Lipinski definition) is 2. The van der Waals surface area contributed by atoms with E-state index in [1.54, 1.807) is 0 Å². The third-order valence-corrected chi connectivity index (χ3v) is 3.32. The molecule has 18 heavy (non-hydrogen) atoms. The third-order valence-electron chi connectivity index (χ3n) is 2.74. The molecule has 2 rings (SSSR count). The Morgan fingerprint density at radius 2 is 1.78 bits per heavy atom. The van der Waals surface area contributed by atoms with Gasteiger partial charge in [0.15, 0.2) is 0 Å². The minimum Gasteiger partial charge on any atom is -0.398 e. The standard InChI is InChI=1S/C14H14Cl2N2/c1-9-6-13(17)12(16)7-14(9)18-8-10-2-4-11(15)5-3-10/h2-7,18H,8,17H2,1H3. The van der Waals surface area contributed by atoms with Gasteiger partial charge in [-0.3, -0.25) is 0 Å². The van der Waals surface area contributed by atoms with E-state index in [9.17, 15) is 0 Å². The van der Waals surface area contributed by atoms with Crippen molar-refractivity contribution in [3.63, 3.8) is 0 Å². The molecule has 94 valence electrons. The molecule has 0 aliphatic heterocycles. The van der Waals surface area contributed by atoms with E-state index in [1.165, 1.54) is 0 Å². The van der Waals surface area contributed by atoms with Crippen molar-refractivity contribution in [2.45, 2.75) is 13.5 Å². The molecular weight excluding hydrogens is 267 g/mol. The molecule has 2 aromatic rings. The molecule has 0 spiro atoms. The van der Waals surface area contributed by atoms with Crippen molar-refractivity contribution in [2.75, 3.05) is 11.1 Å². The zero-order valence-electron chi connectivity index (χ0n) is 10.0. The SMILES string of the molecule is Cc1cc(N)c(Cl)cc1NCc1ccc(Cl)cc1. The van der Waals surface area contributed by atoms with Crippen molar-refractivity contribution >= 4 is 34.6 Å². The van der Waals surface area contributed by atoms with Gasteiger partial charge in [0.2, 0.25) is 0 Å². The summed E-state index contributed by atoms with van der Waals surface area (Å²) in [6, 6.07) is 11.4. The van der Waals surface area contributed by atoms with Gasteiger partial charge < -0.3 is 11.1 Å². The van der Waals surface area contributed by atoms with Gasteiger partial charge in [-0.25, -0.2) is 0 Å². The van der Waals surface area contributed by atoms with E-state index in [0.29, 0.717) is 10.7 Å². The molecule has 0 heterocycles. The van der Waals surface area contributed by atoms with Crippen molar-refractivity contribution in [3.8, 4) is 0 Å². The Hall–Kier alpha value is -1.38. The Morgan fingerprint density at radius 1 is 1.11 bits per heavy atom. The van der Waals surface area contributed by atoms with Crippen LogP contribution in [0.1, 0.15) is 11.1 Å². The summed E-state index contributed by atoms with van der Waals surface area (Å²) in [4.78, 5) is 0. The van der Waals surface area contributed by atoms with Gasteiger partial charge in [0.25, 0.3) is 0 Å². The number of hydrogen-bond acceptors (Lipinski definition) is 2. The van der Waals surface area contributed by atoms with Crippen molar-refractivity contribution in [1.29, 1.82) is 0 Å². The first-order valence-electron chi connectivity index (χ1n) is 5.60. The lowest BCUT2D eigenvalue weighted by atomic mass is 10.1. The van der Waals surface area contributed by atoms with Gasteiger partial charge in [0, 0.05) is 17.3 Å². The number of rotatable bonds is 3. The molecule has 3 N–H and O–H groups in total. The molecule has 2 aromatic carbocycles. The van der Waals surface area contributed by atoms with Gasteiger partial charge in [0.1, 0.15) is 0 Å². The maximum atomic E-state index is 6.01. The first kappa shape index (κ1) is 13.1. The smallest absolute Gasteiger partial charge is 0.0656 e. The van der Waals surface area contributed by atoms with Crippen molar-refractivity contribution < 1.29 is 0 Å². The summed E-state index contributed by atoms with van der Waals surface area (Å²) in [5.74, 6) is 0. The number of aryl methyl sites for hydroxylation is 1. The van der Waals surface area contributed by atoms with Crippen molar-refractivity contribution in [1.82, 2.24) is 0 Å². The summed E-state index contributed by atoms with van der Waals surface area (Å²) in [6.07, 6.45) is 0. The second kappa shape index (κ2) is 5.51. The molecule has 0 saturated carbocycles. The van der Waals surface area contributed by atoms with E-state index in [0.717, 1.165) is 28.4 Å². The maximum absolute atomic E-state index is 6.01. The van der Waals surface area contributed by atoms with Crippen molar-refractivity contribution in [3.05, 3.63) is 57.6 Å². The summed E-state index contributed by atoms with van der Waals surface area (Å²) in [6.45, 7) is 2.72. The minimum absolute atomic E-state index is 0.569. The Kier molecular flexibility index (Phi) is 4.00. The third kappa shape index (κ3) is 3.09. The van der Waals surface area contributed by atoms with Crippen LogP contribution in [0.25, 0.3) is 0 Å². The number of benzene rings is 2. The molecular formula is C14H14Cl2N2. The zero-order chi connectivity index (χ0) is 13.1. The first-order chi connectivity index (χ1) is 8.56. The number of nitrogens with one attached hydrogen (secondary N) is 1. The van der Waals surface area contributed by atoms with Crippen LogP contribution in [-0.4, -0.2) is 0 Å². The number of halogens is 2. The zero-order valence-corrected chi connectivity index (χ0v) is 11.5. The topological polar surface area (TPSA) is 38.0 Å². The van der Waals surface area contributed by atoms with Crippen LogP contribution in [0.2, 0.25) is 10.0 Å². The van der Waals surface area contributed by atoms with E-state index in [2.05, 4.69) is 5.32 Å². The molecule has 0 radical (unpaired) electrons. The lowest BCUT2D eigenvalue weighted by Gasteiger charge is -2.11. The Labute approximate surface area is 117 Å². The van der Waals surface area contributed by atoms with Gasteiger partial charge in [0.05, 0.1) is 10.7 Å². The minimum atomic E-state index is 0.569. The summed E-state index contributed by atoms with van der Waals surface area (Å²) in [5, 5.41) is 4.64. The lowest BCUT2D eigenvalue weighted by Crippen LogP contribution is -2.01. The van der Waals surface area contributed by atoms with Crippen LogP contribution in [0.4, 0.5) is 11.4 Å². The fourth-order valence-electron chi connectivity index (χ4n) is 1.69. The largest absolute Gasteiger partial charge is 0.398 e. The fraction of sp³-hybridized carbons (Fsp3) is 0.143. The molecule has 2 nitrogen and oxygen atoms in total. The molecule has 0 aliphatic carbocycles. The predicted molar refractivity (Wildman–Crippen MR) is 79.4 cm³/mol. The Bertz CT molecular complexity index is 550. The van der Waals surface area contributed by atoms with E-state index in [-0.39, 0.29) is 0 Å². The van der Waals surface area contributed by atoms with E-state index < -0.39 is 0 Å². The Balaban J connectivity index is 2.10. The highest BCUT2D eigenvalue weighted by Gasteiger charge is 2.03. The summed E-state index contributed by atoms with van der Waals surface area (Å²) >= 11 is 11.8. The van der Waals surface area contributed by atoms with Gasteiger partial charge in [-0.05, 0) is 42.3 Å². The van der Waals surface area contributed by atoms with Crippen LogP contribution in [0.5, 0.6) is 0 Å². The number of anilines is 2. The van der Waals surface area contributed by atoms with E-state index in [1.807, 2.05) is 43.3 Å². The molecule has 0 bridgehead atoms. The highest BCUT2D eigenvalue weighted by atomic mass is 35.5. The average molecular weight is 281 g/mol. The first-order valence-corrected chi connectivity index (χ1v) is 6.36. The molecule has 0 aromatic heterocycles. The second-order valence-electron chi connectivity index (χ2n) is 4.17. The molecule has 0 fully saturated rings. The van der Waals surface area contributed by atoms with Gasteiger partial charge in [-0.1, -0.05) is 35.3 Å². The van der Waals surface area contributed by atoms with Crippen LogP contribution < -0.4 is 11.1 Å². The molecule has 0 unspecified atom stereocenters. The fourth-order valence-corrected chi connectivity index (χ4v) is 1.98. The van der Waals surface area contributed by atoms with E-state index in [4.69, 9.17) is 28.9 Å². The monoisotopic (exact) mass is 280 g/mol.